The number of rotatable bonds is 3. The van der Waals surface area contributed by atoms with Gasteiger partial charge in [0.25, 0.3) is 0 Å². The van der Waals surface area contributed by atoms with Gasteiger partial charge in [-0.3, -0.25) is 4.90 Å². The SMILES string of the molecule is CN(Cc1cnc2ccc(N)cn12)C1CCCCC1. The van der Waals surface area contributed by atoms with Crippen molar-refractivity contribution in [2.45, 2.75) is 44.7 Å². The van der Waals surface area contributed by atoms with Gasteiger partial charge < -0.3 is 10.1 Å². The zero-order valence-electron chi connectivity index (χ0n) is 11.5. The number of anilines is 1. The standard InChI is InChI=1S/C15H22N4/c1-18(13-5-3-2-4-6-13)11-14-9-17-15-8-7-12(16)10-19(14)15/h7-10,13H,2-6,11,16H2,1H3. The summed E-state index contributed by atoms with van der Waals surface area (Å²) in [7, 11) is 2.22. The molecular weight excluding hydrogens is 236 g/mol. The van der Waals surface area contributed by atoms with Crippen LogP contribution in [-0.2, 0) is 6.54 Å². The zero-order chi connectivity index (χ0) is 13.2. The molecule has 1 saturated carbocycles. The molecular formula is C15H22N4. The number of pyridine rings is 1. The van der Waals surface area contributed by atoms with E-state index in [1.807, 2.05) is 24.5 Å². The minimum atomic E-state index is 0.723. The lowest BCUT2D eigenvalue weighted by molar-refractivity contribution is 0.182. The van der Waals surface area contributed by atoms with E-state index < -0.39 is 0 Å². The molecule has 1 aliphatic carbocycles. The van der Waals surface area contributed by atoms with Crippen LogP contribution < -0.4 is 5.73 Å². The first-order chi connectivity index (χ1) is 9.24. The minimum absolute atomic E-state index is 0.723. The zero-order valence-corrected chi connectivity index (χ0v) is 11.5. The fraction of sp³-hybridized carbons (Fsp3) is 0.533. The van der Waals surface area contributed by atoms with Gasteiger partial charge in [-0.1, -0.05) is 19.3 Å². The maximum atomic E-state index is 5.86. The van der Waals surface area contributed by atoms with Crippen molar-refractivity contribution in [1.82, 2.24) is 14.3 Å². The molecule has 0 radical (unpaired) electrons. The summed E-state index contributed by atoms with van der Waals surface area (Å²) in [6.45, 7) is 0.940. The summed E-state index contributed by atoms with van der Waals surface area (Å²) in [5, 5.41) is 0. The Kier molecular flexibility index (Phi) is 3.42. The molecule has 0 unspecified atom stereocenters. The molecule has 2 heterocycles. The van der Waals surface area contributed by atoms with Crippen LogP contribution in [-0.4, -0.2) is 27.4 Å². The molecule has 0 bridgehead atoms. The number of hydrogen-bond acceptors (Lipinski definition) is 3. The summed E-state index contributed by atoms with van der Waals surface area (Å²) >= 11 is 0. The molecule has 3 rings (SSSR count). The molecule has 0 aliphatic heterocycles. The van der Waals surface area contributed by atoms with E-state index in [4.69, 9.17) is 5.73 Å². The van der Waals surface area contributed by atoms with Crippen LogP contribution in [0.5, 0.6) is 0 Å². The van der Waals surface area contributed by atoms with E-state index in [-0.39, 0.29) is 0 Å². The highest BCUT2D eigenvalue weighted by Crippen LogP contribution is 2.23. The molecule has 1 aliphatic rings. The number of fused-ring (bicyclic) bond motifs is 1. The third-order valence-electron chi connectivity index (χ3n) is 4.21. The number of aromatic nitrogens is 2. The number of nitrogens with two attached hydrogens (primary N) is 1. The van der Waals surface area contributed by atoms with Crippen molar-refractivity contribution in [2.24, 2.45) is 0 Å². The van der Waals surface area contributed by atoms with Gasteiger partial charge in [-0.25, -0.2) is 4.98 Å². The summed E-state index contributed by atoms with van der Waals surface area (Å²) in [5.74, 6) is 0. The molecule has 4 heteroatoms. The van der Waals surface area contributed by atoms with Crippen molar-refractivity contribution < 1.29 is 0 Å². The molecule has 102 valence electrons. The highest BCUT2D eigenvalue weighted by Gasteiger charge is 2.19. The topological polar surface area (TPSA) is 46.6 Å². The lowest BCUT2D eigenvalue weighted by atomic mass is 9.94. The average molecular weight is 258 g/mol. The van der Waals surface area contributed by atoms with Crippen molar-refractivity contribution >= 4 is 11.3 Å². The van der Waals surface area contributed by atoms with Crippen molar-refractivity contribution in [3.8, 4) is 0 Å². The van der Waals surface area contributed by atoms with Gasteiger partial charge >= 0.3 is 0 Å². The van der Waals surface area contributed by atoms with Crippen LogP contribution in [0.3, 0.4) is 0 Å². The fourth-order valence-corrected chi connectivity index (χ4v) is 3.07. The van der Waals surface area contributed by atoms with Gasteiger partial charge in [-0.15, -0.1) is 0 Å². The first-order valence-electron chi connectivity index (χ1n) is 7.16. The van der Waals surface area contributed by atoms with Crippen LogP contribution in [0, 0.1) is 0 Å². The van der Waals surface area contributed by atoms with Crippen molar-refractivity contribution in [3.05, 3.63) is 30.2 Å². The highest BCUT2D eigenvalue weighted by atomic mass is 15.2. The lowest BCUT2D eigenvalue weighted by Crippen LogP contribution is -2.33. The first kappa shape index (κ1) is 12.5. The Hall–Kier alpha value is -1.55. The largest absolute Gasteiger partial charge is 0.398 e. The first-order valence-corrected chi connectivity index (χ1v) is 7.16. The van der Waals surface area contributed by atoms with Crippen molar-refractivity contribution in [2.75, 3.05) is 12.8 Å². The smallest absolute Gasteiger partial charge is 0.137 e. The monoisotopic (exact) mass is 258 g/mol. The molecule has 19 heavy (non-hydrogen) atoms. The summed E-state index contributed by atoms with van der Waals surface area (Å²) in [5.41, 5.74) is 8.84. The van der Waals surface area contributed by atoms with E-state index in [2.05, 4.69) is 21.3 Å². The lowest BCUT2D eigenvalue weighted by Gasteiger charge is -2.30. The van der Waals surface area contributed by atoms with E-state index in [9.17, 15) is 0 Å². The molecule has 0 amide bonds. The van der Waals surface area contributed by atoms with Crippen LogP contribution in [0.25, 0.3) is 5.65 Å². The average Bonchev–Trinajstić information content (AvgIpc) is 2.82. The summed E-state index contributed by atoms with van der Waals surface area (Å²) in [4.78, 5) is 6.90. The number of imidazole rings is 1. The van der Waals surface area contributed by atoms with Crippen LogP contribution >= 0.6 is 0 Å². The minimum Gasteiger partial charge on any atom is -0.398 e. The predicted octanol–water partition coefficient (Wildman–Crippen LogP) is 2.68. The molecule has 1 fully saturated rings. The molecule has 4 nitrogen and oxygen atoms in total. The highest BCUT2D eigenvalue weighted by molar-refractivity contribution is 5.48. The van der Waals surface area contributed by atoms with Crippen molar-refractivity contribution in [3.63, 3.8) is 0 Å². The number of nitrogen functional groups attached to an aromatic ring is 1. The Bertz CT molecular complexity index is 554. The van der Waals surface area contributed by atoms with Crippen LogP contribution in [0.15, 0.2) is 24.5 Å². The Morgan fingerprint density at radius 1 is 1.32 bits per heavy atom. The van der Waals surface area contributed by atoms with Gasteiger partial charge in [0.1, 0.15) is 5.65 Å². The summed E-state index contributed by atoms with van der Waals surface area (Å²) < 4.78 is 2.11. The van der Waals surface area contributed by atoms with E-state index in [1.165, 1.54) is 37.8 Å². The molecule has 2 aromatic heterocycles. The Morgan fingerprint density at radius 3 is 2.89 bits per heavy atom. The van der Waals surface area contributed by atoms with Crippen molar-refractivity contribution in [1.29, 1.82) is 0 Å². The quantitative estimate of drug-likeness (QED) is 0.920. The second-order valence-electron chi connectivity index (χ2n) is 5.65. The van der Waals surface area contributed by atoms with Crippen LogP contribution in [0.2, 0.25) is 0 Å². The normalized spacial score (nSPS) is 17.4. The second-order valence-corrected chi connectivity index (χ2v) is 5.65. The molecule has 0 spiro atoms. The maximum absolute atomic E-state index is 5.86. The van der Waals surface area contributed by atoms with Gasteiger partial charge in [-0.2, -0.15) is 0 Å². The van der Waals surface area contributed by atoms with E-state index in [0.717, 1.165) is 23.9 Å². The van der Waals surface area contributed by atoms with E-state index in [1.54, 1.807) is 0 Å². The Morgan fingerprint density at radius 2 is 2.11 bits per heavy atom. The van der Waals surface area contributed by atoms with E-state index in [0.29, 0.717) is 0 Å². The Labute approximate surface area is 114 Å². The number of hydrogen-bond donors (Lipinski definition) is 1. The Balaban J connectivity index is 1.78. The van der Waals surface area contributed by atoms with Gasteiger partial charge in [0, 0.05) is 24.5 Å². The summed E-state index contributed by atoms with van der Waals surface area (Å²) in [6, 6.07) is 4.59. The third-order valence-corrected chi connectivity index (χ3v) is 4.21. The number of nitrogens with zero attached hydrogens (tertiary/aromatic N) is 3. The molecule has 2 N–H and O–H groups in total. The molecule has 0 saturated heterocycles. The van der Waals surface area contributed by atoms with Gasteiger partial charge in [0.05, 0.1) is 11.9 Å². The maximum Gasteiger partial charge on any atom is 0.137 e. The molecule has 0 aromatic carbocycles. The van der Waals surface area contributed by atoms with Crippen LogP contribution in [0.1, 0.15) is 37.8 Å². The summed E-state index contributed by atoms with van der Waals surface area (Å²) in [6.07, 6.45) is 10.7. The predicted molar refractivity (Wildman–Crippen MR) is 77.9 cm³/mol. The van der Waals surface area contributed by atoms with Gasteiger partial charge in [0.2, 0.25) is 0 Å². The van der Waals surface area contributed by atoms with Crippen LogP contribution in [0.4, 0.5) is 5.69 Å². The third kappa shape index (κ3) is 2.59. The molecule has 2 aromatic rings. The van der Waals surface area contributed by atoms with E-state index >= 15 is 0 Å². The molecule has 0 atom stereocenters. The van der Waals surface area contributed by atoms with Gasteiger partial charge in [-0.05, 0) is 32.0 Å². The second kappa shape index (κ2) is 5.21. The van der Waals surface area contributed by atoms with Gasteiger partial charge in [0.15, 0.2) is 0 Å². The fourth-order valence-electron chi connectivity index (χ4n) is 3.07.